The largest absolute Gasteiger partial charge is 0.479 e. The second-order valence-electron chi connectivity index (χ2n) is 7.58. The van der Waals surface area contributed by atoms with Gasteiger partial charge in [-0.25, -0.2) is 18.4 Å². The Morgan fingerprint density at radius 2 is 1.94 bits per heavy atom. The molecule has 0 aliphatic heterocycles. The van der Waals surface area contributed by atoms with E-state index in [9.17, 15) is 13.6 Å². The second-order valence-corrected chi connectivity index (χ2v) is 7.58. The van der Waals surface area contributed by atoms with Crippen molar-refractivity contribution in [2.24, 2.45) is 5.41 Å². The Balaban J connectivity index is 0.00000118. The standard InChI is InChI=1S/C20H19F2N5O2.C2H6.H2/c1-19(2)11-20(19,16-13(21)5-4-7-23-16)18(28)25-15-6-8-27(26-15)12-9-14(22)17(29-3)24-10-12;1-2;/h4-10H,11H2,1-3H3,(H,25,26,28);1-2H3;1H. The smallest absolute Gasteiger partial charge is 0.250 e. The zero-order chi connectivity index (χ0) is 22.8. The third-order valence-corrected chi connectivity index (χ3v) is 5.37. The molecule has 7 nitrogen and oxygen atoms in total. The van der Waals surface area contributed by atoms with E-state index in [1.54, 1.807) is 12.3 Å². The summed E-state index contributed by atoms with van der Waals surface area (Å²) in [6.45, 7) is 7.79. The Hall–Kier alpha value is -3.36. The summed E-state index contributed by atoms with van der Waals surface area (Å²) < 4.78 is 34.4. The molecule has 3 heterocycles. The van der Waals surface area contributed by atoms with Crippen LogP contribution in [0.25, 0.3) is 5.69 Å². The molecule has 31 heavy (non-hydrogen) atoms. The summed E-state index contributed by atoms with van der Waals surface area (Å²) in [7, 11) is 1.33. The molecule has 0 spiro atoms. The molecule has 0 aromatic carbocycles. The van der Waals surface area contributed by atoms with E-state index in [-0.39, 0.29) is 24.7 Å². The van der Waals surface area contributed by atoms with Gasteiger partial charge in [0.25, 0.3) is 0 Å². The lowest BCUT2D eigenvalue weighted by atomic mass is 9.90. The summed E-state index contributed by atoms with van der Waals surface area (Å²) in [5.74, 6) is -1.40. The molecule has 1 aliphatic rings. The average molecular weight is 431 g/mol. The zero-order valence-electron chi connectivity index (χ0n) is 18.1. The summed E-state index contributed by atoms with van der Waals surface area (Å²) >= 11 is 0. The van der Waals surface area contributed by atoms with Gasteiger partial charge in [-0.3, -0.25) is 9.78 Å². The van der Waals surface area contributed by atoms with Gasteiger partial charge < -0.3 is 10.1 Å². The first-order chi connectivity index (χ1) is 14.8. The number of ether oxygens (including phenoxy) is 1. The van der Waals surface area contributed by atoms with Crippen LogP contribution in [0.15, 0.2) is 42.9 Å². The molecule has 9 heteroatoms. The minimum absolute atomic E-state index is 0. The van der Waals surface area contributed by atoms with Gasteiger partial charge in [0.2, 0.25) is 11.8 Å². The maximum atomic E-state index is 14.4. The van der Waals surface area contributed by atoms with E-state index in [0.717, 1.165) is 0 Å². The van der Waals surface area contributed by atoms with E-state index in [1.807, 2.05) is 27.7 Å². The van der Waals surface area contributed by atoms with Gasteiger partial charge in [0, 0.05) is 26.0 Å². The molecule has 166 valence electrons. The highest BCUT2D eigenvalue weighted by Crippen LogP contribution is 2.64. The summed E-state index contributed by atoms with van der Waals surface area (Å²) in [5, 5.41) is 6.98. The molecular formula is C22H27F2N5O2. The number of amides is 1. The number of halogens is 2. The van der Waals surface area contributed by atoms with Crippen LogP contribution in [0.1, 0.15) is 41.2 Å². The number of nitrogens with one attached hydrogen (secondary N) is 1. The fraction of sp³-hybridized carbons (Fsp3) is 0.364. The SMILES string of the molecule is CC.COc1ncc(-n2ccc(NC(=O)C3(c4ncccc4F)CC3(C)C)n2)cc1F.[HH]. The first-order valence-corrected chi connectivity index (χ1v) is 9.96. The van der Waals surface area contributed by atoms with Crippen molar-refractivity contribution in [3.05, 3.63) is 60.2 Å². The number of methoxy groups -OCH3 is 1. The van der Waals surface area contributed by atoms with Gasteiger partial charge in [0.1, 0.15) is 11.2 Å². The van der Waals surface area contributed by atoms with E-state index in [4.69, 9.17) is 4.74 Å². The first-order valence-electron chi connectivity index (χ1n) is 9.96. The normalized spacial score (nSPS) is 18.5. The van der Waals surface area contributed by atoms with E-state index in [2.05, 4.69) is 20.4 Å². The maximum absolute atomic E-state index is 14.4. The molecule has 1 unspecified atom stereocenters. The van der Waals surface area contributed by atoms with Gasteiger partial charge in [0.05, 0.1) is 24.7 Å². The van der Waals surface area contributed by atoms with Gasteiger partial charge >= 0.3 is 0 Å². The van der Waals surface area contributed by atoms with Crippen LogP contribution in [-0.4, -0.2) is 32.8 Å². The molecule has 4 rings (SSSR count). The summed E-state index contributed by atoms with van der Waals surface area (Å²) in [4.78, 5) is 21.1. The van der Waals surface area contributed by atoms with Crippen molar-refractivity contribution in [3.8, 4) is 11.6 Å². The van der Waals surface area contributed by atoms with Gasteiger partial charge in [0.15, 0.2) is 11.6 Å². The third kappa shape index (κ3) is 3.87. The Kier molecular flexibility index (Phi) is 6.06. The molecule has 0 radical (unpaired) electrons. The van der Waals surface area contributed by atoms with Crippen molar-refractivity contribution in [2.45, 2.75) is 39.5 Å². The highest BCUT2D eigenvalue weighted by Gasteiger charge is 2.69. The van der Waals surface area contributed by atoms with Crippen LogP contribution in [0.5, 0.6) is 5.88 Å². The summed E-state index contributed by atoms with van der Waals surface area (Å²) in [6.07, 6.45) is 4.90. The van der Waals surface area contributed by atoms with E-state index in [1.165, 1.54) is 42.4 Å². The van der Waals surface area contributed by atoms with Crippen molar-refractivity contribution in [1.82, 2.24) is 19.7 Å². The zero-order valence-corrected chi connectivity index (χ0v) is 18.1. The number of pyridine rings is 2. The monoisotopic (exact) mass is 431 g/mol. The van der Waals surface area contributed by atoms with Gasteiger partial charge in [-0.2, -0.15) is 5.10 Å². The minimum Gasteiger partial charge on any atom is -0.479 e. The predicted molar refractivity (Wildman–Crippen MR) is 114 cm³/mol. The Labute approximate surface area is 181 Å². The maximum Gasteiger partial charge on any atom is 0.250 e. The molecule has 0 bridgehead atoms. The van der Waals surface area contributed by atoms with Crippen molar-refractivity contribution in [1.29, 1.82) is 0 Å². The minimum atomic E-state index is -1.07. The van der Waals surface area contributed by atoms with Gasteiger partial charge in [-0.05, 0) is 24.0 Å². The van der Waals surface area contributed by atoms with E-state index in [0.29, 0.717) is 12.1 Å². The fourth-order valence-electron chi connectivity index (χ4n) is 3.67. The number of anilines is 1. The van der Waals surface area contributed by atoms with Crippen molar-refractivity contribution in [3.63, 3.8) is 0 Å². The number of rotatable bonds is 5. The van der Waals surface area contributed by atoms with Crippen LogP contribution in [-0.2, 0) is 10.2 Å². The molecule has 1 fully saturated rings. The summed E-state index contributed by atoms with van der Waals surface area (Å²) in [6, 6.07) is 5.58. The molecule has 1 atom stereocenters. The van der Waals surface area contributed by atoms with E-state index >= 15 is 0 Å². The molecule has 1 aliphatic carbocycles. The number of carbonyl (C=O) groups excluding carboxylic acids is 1. The van der Waals surface area contributed by atoms with Crippen LogP contribution in [0, 0.1) is 17.0 Å². The molecule has 1 N–H and O–H groups in total. The predicted octanol–water partition coefficient (Wildman–Crippen LogP) is 4.53. The lowest BCUT2D eigenvalue weighted by Crippen LogP contribution is -2.34. The topological polar surface area (TPSA) is 81.9 Å². The molecule has 1 saturated carbocycles. The van der Waals surface area contributed by atoms with Crippen molar-refractivity contribution < 1.29 is 19.7 Å². The third-order valence-electron chi connectivity index (χ3n) is 5.37. The van der Waals surface area contributed by atoms with Gasteiger partial charge in [-0.1, -0.05) is 27.7 Å². The van der Waals surface area contributed by atoms with Crippen LogP contribution in [0.2, 0.25) is 0 Å². The lowest BCUT2D eigenvalue weighted by molar-refractivity contribution is -0.119. The van der Waals surface area contributed by atoms with Crippen molar-refractivity contribution in [2.75, 3.05) is 12.4 Å². The average Bonchev–Trinajstić information content (AvgIpc) is 3.09. The molecular weight excluding hydrogens is 404 g/mol. The molecule has 1 amide bonds. The fourth-order valence-corrected chi connectivity index (χ4v) is 3.67. The summed E-state index contributed by atoms with van der Waals surface area (Å²) in [5.41, 5.74) is -1.03. The second kappa shape index (κ2) is 8.41. The quantitative estimate of drug-likeness (QED) is 0.642. The van der Waals surface area contributed by atoms with E-state index < -0.39 is 22.5 Å². The molecule has 3 aromatic heterocycles. The Bertz CT molecular complexity index is 1110. The lowest BCUT2D eigenvalue weighted by Gasteiger charge is -2.19. The number of aromatic nitrogens is 4. The van der Waals surface area contributed by atoms with Crippen LogP contribution >= 0.6 is 0 Å². The Morgan fingerprint density at radius 3 is 2.52 bits per heavy atom. The number of hydrogen-bond donors (Lipinski definition) is 1. The van der Waals surface area contributed by atoms with Crippen LogP contribution in [0.3, 0.4) is 0 Å². The Morgan fingerprint density at radius 1 is 1.23 bits per heavy atom. The van der Waals surface area contributed by atoms with Gasteiger partial charge in [-0.15, -0.1) is 0 Å². The molecule has 3 aromatic rings. The van der Waals surface area contributed by atoms with Crippen LogP contribution in [0.4, 0.5) is 14.6 Å². The number of hydrogen-bond acceptors (Lipinski definition) is 5. The highest BCUT2D eigenvalue weighted by atomic mass is 19.1. The first kappa shape index (κ1) is 22.3. The molecule has 0 saturated heterocycles. The highest BCUT2D eigenvalue weighted by molar-refractivity contribution is 6.01. The number of nitrogens with zero attached hydrogens (tertiary/aromatic N) is 4. The van der Waals surface area contributed by atoms with Crippen LogP contribution < -0.4 is 10.1 Å². The number of carbonyl (C=O) groups is 1. The van der Waals surface area contributed by atoms with Crippen molar-refractivity contribution >= 4 is 11.7 Å².